The van der Waals surface area contributed by atoms with Gasteiger partial charge in [-0.2, -0.15) is 0 Å². The summed E-state index contributed by atoms with van der Waals surface area (Å²) in [5, 5.41) is 6.83. The molecule has 2 rings (SSSR count). The minimum Gasteiger partial charge on any atom is -0.357 e. The van der Waals surface area contributed by atoms with Crippen LogP contribution in [-0.2, 0) is 17.9 Å². The van der Waals surface area contributed by atoms with Crippen molar-refractivity contribution in [1.29, 1.82) is 0 Å². The normalized spacial score (nSPS) is 16.9. The highest BCUT2D eigenvalue weighted by Crippen LogP contribution is 2.13. The van der Waals surface area contributed by atoms with E-state index in [1.165, 1.54) is 11.1 Å². The van der Waals surface area contributed by atoms with Gasteiger partial charge in [-0.15, -0.1) is 24.0 Å². The summed E-state index contributed by atoms with van der Waals surface area (Å²) in [6.45, 7) is 13.2. The van der Waals surface area contributed by atoms with E-state index in [0.717, 1.165) is 45.1 Å². The number of amides is 1. The lowest BCUT2D eigenvalue weighted by Crippen LogP contribution is -2.45. The number of carbonyl (C=O) groups is 1. The van der Waals surface area contributed by atoms with Crippen LogP contribution in [-0.4, -0.2) is 60.9 Å². The summed E-state index contributed by atoms with van der Waals surface area (Å²) in [5.74, 6) is 1.11. The van der Waals surface area contributed by atoms with Crippen molar-refractivity contribution in [3.05, 3.63) is 35.4 Å². The number of hydrogen-bond acceptors (Lipinski definition) is 3. The third kappa shape index (κ3) is 8.50. The van der Waals surface area contributed by atoms with E-state index in [2.05, 4.69) is 60.7 Å². The largest absolute Gasteiger partial charge is 0.357 e. The molecule has 6 nitrogen and oxygen atoms in total. The molecule has 0 radical (unpaired) electrons. The van der Waals surface area contributed by atoms with E-state index in [1.54, 1.807) is 0 Å². The van der Waals surface area contributed by atoms with Gasteiger partial charge in [-0.3, -0.25) is 4.79 Å². The van der Waals surface area contributed by atoms with Gasteiger partial charge in [-0.1, -0.05) is 45.0 Å². The van der Waals surface area contributed by atoms with E-state index in [9.17, 15) is 4.79 Å². The van der Waals surface area contributed by atoms with Crippen LogP contribution in [0.3, 0.4) is 0 Å². The van der Waals surface area contributed by atoms with Gasteiger partial charge in [0.1, 0.15) is 0 Å². The van der Waals surface area contributed by atoms with Crippen LogP contribution in [0.5, 0.6) is 0 Å². The van der Waals surface area contributed by atoms with Gasteiger partial charge < -0.3 is 20.4 Å². The first kappa shape index (κ1) is 25.7. The van der Waals surface area contributed by atoms with Crippen LogP contribution >= 0.6 is 24.0 Å². The zero-order valence-corrected chi connectivity index (χ0v) is 20.9. The van der Waals surface area contributed by atoms with Crippen molar-refractivity contribution in [3.63, 3.8) is 0 Å². The average Bonchev–Trinajstić information content (AvgIpc) is 3.14. The van der Waals surface area contributed by atoms with Crippen LogP contribution in [0.1, 0.15) is 45.2 Å². The second-order valence-corrected chi connectivity index (χ2v) is 7.91. The van der Waals surface area contributed by atoms with Crippen LogP contribution in [0, 0.1) is 5.92 Å². The smallest absolute Gasteiger partial charge is 0.225 e. The molecule has 164 valence electrons. The molecule has 0 aromatic heterocycles. The molecule has 2 N–H and O–H groups in total. The van der Waals surface area contributed by atoms with Gasteiger partial charge in [0, 0.05) is 38.1 Å². The van der Waals surface area contributed by atoms with Gasteiger partial charge in [0.25, 0.3) is 0 Å². The molecular weight excluding hydrogens is 477 g/mol. The monoisotopic (exact) mass is 515 g/mol. The van der Waals surface area contributed by atoms with E-state index in [1.807, 2.05) is 18.7 Å². The molecule has 1 heterocycles. The van der Waals surface area contributed by atoms with Crippen LogP contribution in [0.25, 0.3) is 0 Å². The Morgan fingerprint density at radius 2 is 2.03 bits per heavy atom. The molecule has 0 aliphatic carbocycles. The molecule has 0 saturated carbocycles. The van der Waals surface area contributed by atoms with Gasteiger partial charge in [-0.25, -0.2) is 4.99 Å². The Labute approximate surface area is 193 Å². The fourth-order valence-corrected chi connectivity index (χ4v) is 3.38. The summed E-state index contributed by atoms with van der Waals surface area (Å²) in [4.78, 5) is 21.2. The van der Waals surface area contributed by atoms with Crippen LogP contribution in [0.2, 0.25) is 0 Å². The predicted octanol–water partition coefficient (Wildman–Crippen LogP) is 3.07. The van der Waals surface area contributed by atoms with Crippen molar-refractivity contribution >= 4 is 35.8 Å². The second kappa shape index (κ2) is 13.1. The number of benzene rings is 1. The standard InChI is InChI=1S/C22H37N5O.HI/c1-6-23-22(25-20-11-12-27(16-20)21(28)17(3)4)24-14-18-9-8-10-19(13-18)15-26(5)7-2;/h8-10,13,17,20H,6-7,11-12,14-16H2,1-5H3,(H2,23,24,25);1H. The van der Waals surface area contributed by atoms with Crippen molar-refractivity contribution < 1.29 is 4.79 Å². The highest BCUT2D eigenvalue weighted by Gasteiger charge is 2.27. The number of likely N-dealkylation sites (tertiary alicyclic amines) is 1. The van der Waals surface area contributed by atoms with Crippen LogP contribution in [0.15, 0.2) is 29.3 Å². The minimum absolute atomic E-state index is 0. The summed E-state index contributed by atoms with van der Waals surface area (Å²) in [6, 6.07) is 8.89. The third-order valence-electron chi connectivity index (χ3n) is 5.08. The number of hydrogen-bond donors (Lipinski definition) is 2. The molecule has 1 unspecified atom stereocenters. The van der Waals surface area contributed by atoms with Crippen molar-refractivity contribution in [2.75, 3.05) is 33.2 Å². The molecule has 1 fully saturated rings. The molecule has 1 aromatic rings. The number of carbonyl (C=O) groups excluding carboxylic acids is 1. The molecule has 1 aliphatic rings. The minimum atomic E-state index is 0. The molecule has 29 heavy (non-hydrogen) atoms. The van der Waals surface area contributed by atoms with E-state index in [-0.39, 0.29) is 41.8 Å². The topological polar surface area (TPSA) is 60.0 Å². The first-order valence-corrected chi connectivity index (χ1v) is 10.5. The summed E-state index contributed by atoms with van der Waals surface area (Å²) < 4.78 is 0. The first-order valence-electron chi connectivity index (χ1n) is 10.5. The quantitative estimate of drug-likeness (QED) is 0.318. The lowest BCUT2D eigenvalue weighted by atomic mass is 10.1. The molecule has 7 heteroatoms. The third-order valence-corrected chi connectivity index (χ3v) is 5.08. The number of guanidine groups is 1. The fraction of sp³-hybridized carbons (Fsp3) is 0.636. The second-order valence-electron chi connectivity index (χ2n) is 7.91. The van der Waals surface area contributed by atoms with Crippen molar-refractivity contribution in [1.82, 2.24) is 20.4 Å². The predicted molar refractivity (Wildman–Crippen MR) is 132 cm³/mol. The Hall–Kier alpha value is -1.35. The molecule has 1 aliphatic heterocycles. The Bertz CT molecular complexity index is 664. The number of halogens is 1. The Kier molecular flexibility index (Phi) is 11.6. The van der Waals surface area contributed by atoms with Crippen molar-refractivity contribution in [2.45, 2.75) is 53.2 Å². The highest BCUT2D eigenvalue weighted by atomic mass is 127. The molecule has 0 bridgehead atoms. The number of nitrogens with zero attached hydrogens (tertiary/aromatic N) is 3. The summed E-state index contributed by atoms with van der Waals surface area (Å²) in [5.41, 5.74) is 2.52. The van der Waals surface area contributed by atoms with Crippen LogP contribution < -0.4 is 10.6 Å². The van der Waals surface area contributed by atoms with Gasteiger partial charge in [0.15, 0.2) is 5.96 Å². The van der Waals surface area contributed by atoms with E-state index < -0.39 is 0 Å². The molecule has 1 aromatic carbocycles. The molecular formula is C22H38IN5O. The summed E-state index contributed by atoms with van der Waals surface area (Å²) in [6.07, 6.45) is 0.960. The van der Waals surface area contributed by atoms with Crippen molar-refractivity contribution in [2.24, 2.45) is 10.9 Å². The molecule has 1 atom stereocenters. The average molecular weight is 515 g/mol. The van der Waals surface area contributed by atoms with Gasteiger partial charge in [0.2, 0.25) is 5.91 Å². The lowest BCUT2D eigenvalue weighted by molar-refractivity contribution is -0.133. The van der Waals surface area contributed by atoms with Gasteiger partial charge in [0.05, 0.1) is 6.54 Å². The van der Waals surface area contributed by atoms with E-state index in [4.69, 9.17) is 4.99 Å². The van der Waals surface area contributed by atoms with E-state index >= 15 is 0 Å². The molecule has 1 amide bonds. The number of aliphatic imine (C=N–C) groups is 1. The zero-order valence-electron chi connectivity index (χ0n) is 18.6. The van der Waals surface area contributed by atoms with Gasteiger partial charge >= 0.3 is 0 Å². The number of rotatable bonds is 8. The summed E-state index contributed by atoms with van der Waals surface area (Å²) in [7, 11) is 2.13. The Balaban J connectivity index is 0.00000420. The first-order chi connectivity index (χ1) is 13.4. The van der Waals surface area contributed by atoms with Gasteiger partial charge in [-0.05, 0) is 38.1 Å². The zero-order chi connectivity index (χ0) is 20.5. The fourth-order valence-electron chi connectivity index (χ4n) is 3.38. The molecule has 0 spiro atoms. The Morgan fingerprint density at radius 3 is 2.69 bits per heavy atom. The number of nitrogens with one attached hydrogen (secondary N) is 2. The summed E-state index contributed by atoms with van der Waals surface area (Å²) >= 11 is 0. The van der Waals surface area contributed by atoms with Crippen LogP contribution in [0.4, 0.5) is 0 Å². The lowest BCUT2D eigenvalue weighted by Gasteiger charge is -2.20. The maximum Gasteiger partial charge on any atom is 0.225 e. The van der Waals surface area contributed by atoms with Crippen molar-refractivity contribution in [3.8, 4) is 0 Å². The molecule has 1 saturated heterocycles. The SMILES string of the molecule is CCNC(=NCc1cccc(CN(C)CC)c1)NC1CCN(C(=O)C(C)C)C1.I. The maximum atomic E-state index is 12.2. The Morgan fingerprint density at radius 1 is 1.31 bits per heavy atom. The highest BCUT2D eigenvalue weighted by molar-refractivity contribution is 14.0. The maximum absolute atomic E-state index is 12.2. The van der Waals surface area contributed by atoms with E-state index in [0.29, 0.717) is 6.54 Å².